The molecular weight excluding hydrogens is 246 g/mol. The Morgan fingerprint density at radius 1 is 1.44 bits per heavy atom. The summed E-state index contributed by atoms with van der Waals surface area (Å²) in [4.78, 5) is 8.85. The SMILES string of the molecule is NNc1cn2ccnc2c(SCC2CCCC2)n1. The maximum absolute atomic E-state index is 5.44. The molecule has 0 amide bonds. The van der Waals surface area contributed by atoms with Gasteiger partial charge in [-0.15, -0.1) is 11.8 Å². The Labute approximate surface area is 110 Å². The number of nitrogens with two attached hydrogens (primary N) is 1. The third-order valence-electron chi connectivity index (χ3n) is 3.42. The molecule has 2 aromatic heterocycles. The van der Waals surface area contributed by atoms with E-state index in [2.05, 4.69) is 15.4 Å². The summed E-state index contributed by atoms with van der Waals surface area (Å²) in [5, 5.41) is 0.961. The Bertz CT molecular complexity index is 532. The van der Waals surface area contributed by atoms with Gasteiger partial charge in [0.2, 0.25) is 0 Å². The smallest absolute Gasteiger partial charge is 0.169 e. The molecule has 2 aromatic rings. The van der Waals surface area contributed by atoms with Crippen LogP contribution in [0.2, 0.25) is 0 Å². The fourth-order valence-corrected chi connectivity index (χ4v) is 3.62. The molecule has 0 aliphatic heterocycles. The zero-order valence-corrected chi connectivity index (χ0v) is 11.0. The zero-order valence-electron chi connectivity index (χ0n) is 10.2. The monoisotopic (exact) mass is 263 g/mol. The molecule has 2 heterocycles. The summed E-state index contributed by atoms with van der Waals surface area (Å²) in [7, 11) is 0. The van der Waals surface area contributed by atoms with E-state index in [4.69, 9.17) is 5.84 Å². The molecule has 1 saturated carbocycles. The molecule has 1 fully saturated rings. The highest BCUT2D eigenvalue weighted by Crippen LogP contribution is 2.31. The van der Waals surface area contributed by atoms with Crippen molar-refractivity contribution in [1.29, 1.82) is 0 Å². The molecule has 0 atom stereocenters. The number of hydrogen-bond donors (Lipinski definition) is 2. The molecule has 0 radical (unpaired) electrons. The molecule has 0 spiro atoms. The number of rotatable bonds is 4. The predicted octanol–water partition coefficient (Wildman–Crippen LogP) is 2.30. The Morgan fingerprint density at radius 2 is 2.28 bits per heavy atom. The second-order valence-electron chi connectivity index (χ2n) is 4.70. The fourth-order valence-electron chi connectivity index (χ4n) is 2.44. The largest absolute Gasteiger partial charge is 0.307 e. The van der Waals surface area contributed by atoms with Gasteiger partial charge in [-0.2, -0.15) is 0 Å². The van der Waals surface area contributed by atoms with E-state index in [1.807, 2.05) is 16.8 Å². The highest BCUT2D eigenvalue weighted by Gasteiger charge is 2.16. The summed E-state index contributed by atoms with van der Waals surface area (Å²) in [6.45, 7) is 0. The molecular formula is C12H17N5S. The molecule has 18 heavy (non-hydrogen) atoms. The number of hydrazine groups is 1. The van der Waals surface area contributed by atoms with E-state index in [-0.39, 0.29) is 0 Å². The van der Waals surface area contributed by atoms with Crippen LogP contribution in [0.25, 0.3) is 5.65 Å². The first-order chi connectivity index (χ1) is 8.86. The highest BCUT2D eigenvalue weighted by molar-refractivity contribution is 7.99. The molecule has 1 aliphatic carbocycles. The van der Waals surface area contributed by atoms with Gasteiger partial charge in [-0.25, -0.2) is 15.8 Å². The molecule has 1 aliphatic rings. The van der Waals surface area contributed by atoms with Crippen molar-refractivity contribution in [3.8, 4) is 0 Å². The Balaban J connectivity index is 1.82. The predicted molar refractivity (Wildman–Crippen MR) is 73.5 cm³/mol. The van der Waals surface area contributed by atoms with E-state index in [1.165, 1.54) is 25.7 Å². The molecule has 5 nitrogen and oxygen atoms in total. The molecule has 0 saturated heterocycles. The Hall–Kier alpha value is -1.27. The average molecular weight is 263 g/mol. The lowest BCUT2D eigenvalue weighted by Gasteiger charge is -2.09. The number of nitrogens with zero attached hydrogens (tertiary/aromatic N) is 3. The van der Waals surface area contributed by atoms with Crippen LogP contribution in [-0.4, -0.2) is 20.1 Å². The summed E-state index contributed by atoms with van der Waals surface area (Å²) < 4.78 is 1.96. The van der Waals surface area contributed by atoms with Crippen LogP contribution in [0.1, 0.15) is 25.7 Å². The minimum atomic E-state index is 0.675. The summed E-state index contributed by atoms with van der Waals surface area (Å²) >= 11 is 1.79. The third-order valence-corrected chi connectivity index (χ3v) is 4.61. The lowest BCUT2D eigenvalue weighted by Crippen LogP contribution is -2.10. The van der Waals surface area contributed by atoms with Gasteiger partial charge in [0.05, 0.1) is 6.20 Å². The number of imidazole rings is 1. The third kappa shape index (κ3) is 2.30. The van der Waals surface area contributed by atoms with Crippen molar-refractivity contribution in [3.63, 3.8) is 0 Å². The summed E-state index contributed by atoms with van der Waals surface area (Å²) in [5.74, 6) is 8.08. The lowest BCUT2D eigenvalue weighted by atomic mass is 10.1. The second kappa shape index (κ2) is 5.16. The summed E-state index contributed by atoms with van der Waals surface area (Å²) in [6.07, 6.45) is 11.0. The summed E-state index contributed by atoms with van der Waals surface area (Å²) in [5.41, 5.74) is 3.52. The van der Waals surface area contributed by atoms with Gasteiger partial charge in [0, 0.05) is 18.1 Å². The number of aromatic nitrogens is 3. The summed E-state index contributed by atoms with van der Waals surface area (Å²) in [6, 6.07) is 0. The number of nitrogens with one attached hydrogen (secondary N) is 1. The van der Waals surface area contributed by atoms with E-state index in [1.54, 1.807) is 18.0 Å². The molecule has 96 valence electrons. The van der Waals surface area contributed by atoms with Crippen molar-refractivity contribution in [2.75, 3.05) is 11.2 Å². The van der Waals surface area contributed by atoms with Crippen LogP contribution < -0.4 is 11.3 Å². The van der Waals surface area contributed by atoms with Crippen molar-refractivity contribution in [1.82, 2.24) is 14.4 Å². The van der Waals surface area contributed by atoms with E-state index < -0.39 is 0 Å². The van der Waals surface area contributed by atoms with Crippen molar-refractivity contribution < 1.29 is 0 Å². The number of fused-ring (bicyclic) bond motifs is 1. The second-order valence-corrected chi connectivity index (χ2v) is 5.70. The maximum atomic E-state index is 5.44. The van der Waals surface area contributed by atoms with Crippen LogP contribution in [0.4, 0.5) is 5.82 Å². The number of thioether (sulfide) groups is 1. The Kier molecular flexibility index (Phi) is 3.38. The van der Waals surface area contributed by atoms with Crippen LogP contribution in [0, 0.1) is 5.92 Å². The van der Waals surface area contributed by atoms with Crippen molar-refractivity contribution in [3.05, 3.63) is 18.6 Å². The number of hydrogen-bond acceptors (Lipinski definition) is 5. The standard InChI is InChI=1S/C12H17N5S/c13-16-10-7-17-6-5-14-11(17)12(15-10)18-8-9-3-1-2-4-9/h5-7,9,16H,1-4,8,13H2. The molecule has 3 rings (SSSR count). The Morgan fingerprint density at radius 3 is 3.06 bits per heavy atom. The first kappa shape index (κ1) is 11.8. The molecule has 0 unspecified atom stereocenters. The normalized spacial score (nSPS) is 16.5. The first-order valence-corrected chi connectivity index (χ1v) is 7.28. The first-order valence-electron chi connectivity index (χ1n) is 6.30. The van der Waals surface area contributed by atoms with Gasteiger partial charge in [-0.1, -0.05) is 12.8 Å². The van der Waals surface area contributed by atoms with Gasteiger partial charge in [-0.05, 0) is 18.8 Å². The van der Waals surface area contributed by atoms with Crippen LogP contribution >= 0.6 is 11.8 Å². The molecule has 3 N–H and O–H groups in total. The van der Waals surface area contributed by atoms with Gasteiger partial charge < -0.3 is 9.83 Å². The van der Waals surface area contributed by atoms with E-state index in [0.717, 1.165) is 22.3 Å². The lowest BCUT2D eigenvalue weighted by molar-refractivity contribution is 0.623. The van der Waals surface area contributed by atoms with E-state index >= 15 is 0 Å². The quantitative estimate of drug-likeness (QED) is 0.503. The molecule has 0 aromatic carbocycles. The molecule has 6 heteroatoms. The van der Waals surface area contributed by atoms with Gasteiger partial charge in [-0.3, -0.25) is 0 Å². The highest BCUT2D eigenvalue weighted by atomic mass is 32.2. The number of nitrogen functional groups attached to an aromatic ring is 1. The van der Waals surface area contributed by atoms with E-state index in [0.29, 0.717) is 5.82 Å². The van der Waals surface area contributed by atoms with Crippen molar-refractivity contribution >= 4 is 23.2 Å². The van der Waals surface area contributed by atoms with E-state index in [9.17, 15) is 0 Å². The van der Waals surface area contributed by atoms with Crippen LogP contribution in [-0.2, 0) is 0 Å². The fraction of sp³-hybridized carbons (Fsp3) is 0.500. The average Bonchev–Trinajstić information content (AvgIpc) is 3.06. The zero-order chi connectivity index (χ0) is 12.4. The van der Waals surface area contributed by atoms with Crippen LogP contribution in [0.3, 0.4) is 0 Å². The maximum Gasteiger partial charge on any atom is 0.169 e. The topological polar surface area (TPSA) is 68.2 Å². The van der Waals surface area contributed by atoms with Gasteiger partial charge in [0.1, 0.15) is 5.03 Å². The minimum absolute atomic E-state index is 0.675. The van der Waals surface area contributed by atoms with Crippen LogP contribution in [0.15, 0.2) is 23.6 Å². The van der Waals surface area contributed by atoms with Gasteiger partial charge >= 0.3 is 0 Å². The van der Waals surface area contributed by atoms with Crippen LogP contribution in [0.5, 0.6) is 0 Å². The molecule has 0 bridgehead atoms. The van der Waals surface area contributed by atoms with Crippen molar-refractivity contribution in [2.45, 2.75) is 30.7 Å². The van der Waals surface area contributed by atoms with Crippen molar-refractivity contribution in [2.24, 2.45) is 11.8 Å². The van der Waals surface area contributed by atoms with Gasteiger partial charge in [0.25, 0.3) is 0 Å². The number of anilines is 1. The minimum Gasteiger partial charge on any atom is -0.307 e. The van der Waals surface area contributed by atoms with Gasteiger partial charge in [0.15, 0.2) is 11.5 Å².